The minimum absolute atomic E-state index is 0.0199. The van der Waals surface area contributed by atoms with Crippen molar-refractivity contribution in [3.8, 4) is 0 Å². The molecule has 0 radical (unpaired) electrons. The molecule has 0 bridgehead atoms. The molecule has 0 aliphatic carbocycles. The maximum absolute atomic E-state index is 12.9. The SMILES string of the molecule is CCOC(=O)c1ccc2nc(NC(=O)c3cn(CC)c4nc(C)ccc4c3=O)sc2c1. The van der Waals surface area contributed by atoms with E-state index in [0.717, 1.165) is 10.4 Å². The van der Waals surface area contributed by atoms with Crippen LogP contribution in [0.2, 0.25) is 0 Å². The Labute approximate surface area is 181 Å². The number of nitrogens with one attached hydrogen (secondary N) is 1. The van der Waals surface area contributed by atoms with Gasteiger partial charge in [-0.15, -0.1) is 0 Å². The number of nitrogens with zero attached hydrogens (tertiary/aromatic N) is 3. The first-order valence-corrected chi connectivity index (χ1v) is 10.6. The summed E-state index contributed by atoms with van der Waals surface area (Å²) in [6, 6.07) is 8.44. The topological polar surface area (TPSA) is 103 Å². The number of aryl methyl sites for hydroxylation is 2. The number of rotatable bonds is 5. The number of ether oxygens (including phenoxy) is 1. The van der Waals surface area contributed by atoms with E-state index in [1.54, 1.807) is 41.8 Å². The summed E-state index contributed by atoms with van der Waals surface area (Å²) in [7, 11) is 0. The minimum atomic E-state index is -0.542. The number of esters is 1. The predicted molar refractivity (Wildman–Crippen MR) is 120 cm³/mol. The summed E-state index contributed by atoms with van der Waals surface area (Å²) in [6.45, 7) is 6.37. The highest BCUT2D eigenvalue weighted by Gasteiger charge is 2.18. The molecule has 0 spiro atoms. The summed E-state index contributed by atoms with van der Waals surface area (Å²) in [5, 5.41) is 3.44. The van der Waals surface area contributed by atoms with Crippen molar-refractivity contribution >= 4 is 49.6 Å². The van der Waals surface area contributed by atoms with Crippen molar-refractivity contribution < 1.29 is 14.3 Å². The minimum Gasteiger partial charge on any atom is -0.462 e. The lowest BCUT2D eigenvalue weighted by Crippen LogP contribution is -2.24. The van der Waals surface area contributed by atoms with Gasteiger partial charge >= 0.3 is 5.97 Å². The number of benzene rings is 1. The predicted octanol–water partition coefficient (Wildman–Crippen LogP) is 3.76. The summed E-state index contributed by atoms with van der Waals surface area (Å²) in [5.41, 5.74) is 2.04. The molecule has 0 aliphatic heterocycles. The third kappa shape index (κ3) is 3.91. The largest absolute Gasteiger partial charge is 0.462 e. The van der Waals surface area contributed by atoms with Crippen LogP contribution in [0.4, 0.5) is 5.13 Å². The summed E-state index contributed by atoms with van der Waals surface area (Å²) < 4.78 is 7.52. The van der Waals surface area contributed by atoms with Crippen LogP contribution in [0.25, 0.3) is 21.3 Å². The smallest absolute Gasteiger partial charge is 0.338 e. The van der Waals surface area contributed by atoms with E-state index in [2.05, 4.69) is 15.3 Å². The standard InChI is InChI=1S/C22H20N4O4S/c1-4-26-11-15(18(27)14-8-6-12(3)23-19(14)26)20(28)25-22-24-16-9-7-13(10-17(16)31-22)21(29)30-5-2/h6-11H,4-5H2,1-3H3,(H,24,25,28). The zero-order valence-corrected chi connectivity index (χ0v) is 18.1. The number of thiazole rings is 1. The molecule has 0 unspecified atom stereocenters. The first kappa shape index (κ1) is 20.7. The lowest BCUT2D eigenvalue weighted by molar-refractivity contribution is 0.0526. The van der Waals surface area contributed by atoms with E-state index in [4.69, 9.17) is 4.74 Å². The van der Waals surface area contributed by atoms with Crippen LogP contribution in [-0.2, 0) is 11.3 Å². The van der Waals surface area contributed by atoms with Crippen LogP contribution < -0.4 is 10.7 Å². The number of carbonyl (C=O) groups is 2. The number of fused-ring (bicyclic) bond motifs is 2. The maximum atomic E-state index is 12.9. The lowest BCUT2D eigenvalue weighted by atomic mass is 10.1. The van der Waals surface area contributed by atoms with Gasteiger partial charge in [-0.3, -0.25) is 14.9 Å². The summed E-state index contributed by atoms with van der Waals surface area (Å²) in [6.07, 6.45) is 1.53. The van der Waals surface area contributed by atoms with Gasteiger partial charge in [-0.1, -0.05) is 11.3 Å². The monoisotopic (exact) mass is 436 g/mol. The van der Waals surface area contributed by atoms with Crippen molar-refractivity contribution in [2.45, 2.75) is 27.3 Å². The van der Waals surface area contributed by atoms with Crippen molar-refractivity contribution in [1.29, 1.82) is 0 Å². The third-order valence-corrected chi connectivity index (χ3v) is 5.70. The normalized spacial score (nSPS) is 11.1. The van der Waals surface area contributed by atoms with Crippen LogP contribution >= 0.6 is 11.3 Å². The van der Waals surface area contributed by atoms with E-state index < -0.39 is 11.9 Å². The second-order valence-electron chi connectivity index (χ2n) is 6.86. The molecule has 1 N–H and O–H groups in total. The molecule has 8 nitrogen and oxygen atoms in total. The molecule has 158 valence electrons. The average molecular weight is 436 g/mol. The van der Waals surface area contributed by atoms with E-state index in [0.29, 0.717) is 33.8 Å². The number of aromatic nitrogens is 3. The second kappa shape index (κ2) is 8.27. The van der Waals surface area contributed by atoms with Gasteiger partial charge in [0, 0.05) is 18.4 Å². The average Bonchev–Trinajstić information content (AvgIpc) is 3.15. The van der Waals surface area contributed by atoms with Gasteiger partial charge in [0.1, 0.15) is 11.2 Å². The second-order valence-corrected chi connectivity index (χ2v) is 7.89. The first-order chi connectivity index (χ1) is 14.9. The Morgan fingerprint density at radius 1 is 1.16 bits per heavy atom. The molecule has 0 saturated heterocycles. The Bertz CT molecular complexity index is 1390. The van der Waals surface area contributed by atoms with E-state index in [1.165, 1.54) is 17.5 Å². The fourth-order valence-corrected chi connectivity index (χ4v) is 4.15. The van der Waals surface area contributed by atoms with Crippen LogP contribution in [0.15, 0.2) is 41.3 Å². The molecule has 1 aromatic carbocycles. The van der Waals surface area contributed by atoms with Crippen molar-refractivity contribution in [3.05, 3.63) is 63.6 Å². The van der Waals surface area contributed by atoms with Gasteiger partial charge in [-0.05, 0) is 51.1 Å². The first-order valence-electron chi connectivity index (χ1n) is 9.81. The summed E-state index contributed by atoms with van der Waals surface area (Å²) in [5.74, 6) is -0.956. The Morgan fingerprint density at radius 2 is 1.97 bits per heavy atom. The number of pyridine rings is 2. The van der Waals surface area contributed by atoms with E-state index >= 15 is 0 Å². The van der Waals surface area contributed by atoms with Gasteiger partial charge in [0.15, 0.2) is 5.13 Å². The zero-order chi connectivity index (χ0) is 22.1. The maximum Gasteiger partial charge on any atom is 0.338 e. The van der Waals surface area contributed by atoms with Crippen molar-refractivity contribution in [3.63, 3.8) is 0 Å². The van der Waals surface area contributed by atoms with E-state index in [9.17, 15) is 14.4 Å². The van der Waals surface area contributed by atoms with Crippen LogP contribution in [0.3, 0.4) is 0 Å². The van der Waals surface area contributed by atoms with Gasteiger partial charge in [0.2, 0.25) is 5.43 Å². The molecular formula is C22H20N4O4S. The highest BCUT2D eigenvalue weighted by molar-refractivity contribution is 7.22. The molecule has 3 heterocycles. The van der Waals surface area contributed by atoms with Crippen molar-refractivity contribution in [2.75, 3.05) is 11.9 Å². The molecule has 0 atom stereocenters. The molecule has 3 aromatic heterocycles. The number of anilines is 1. The fourth-order valence-electron chi connectivity index (χ4n) is 3.25. The summed E-state index contributed by atoms with van der Waals surface area (Å²) in [4.78, 5) is 46.6. The molecular weight excluding hydrogens is 416 g/mol. The Morgan fingerprint density at radius 3 is 2.71 bits per heavy atom. The van der Waals surface area contributed by atoms with Gasteiger partial charge < -0.3 is 9.30 Å². The quantitative estimate of drug-likeness (QED) is 0.478. The van der Waals surface area contributed by atoms with Crippen LogP contribution in [0.1, 0.15) is 40.3 Å². The summed E-state index contributed by atoms with van der Waals surface area (Å²) >= 11 is 1.22. The fraction of sp³-hybridized carbons (Fsp3) is 0.227. The van der Waals surface area contributed by atoms with Gasteiger partial charge in [-0.2, -0.15) is 0 Å². The lowest BCUT2D eigenvalue weighted by Gasteiger charge is -2.11. The van der Waals surface area contributed by atoms with Crippen LogP contribution in [-0.4, -0.2) is 33.0 Å². The number of amides is 1. The van der Waals surface area contributed by atoms with Crippen LogP contribution in [0, 0.1) is 6.92 Å². The van der Waals surface area contributed by atoms with Gasteiger partial charge in [0.05, 0.1) is 27.8 Å². The molecule has 0 aliphatic rings. The van der Waals surface area contributed by atoms with Gasteiger partial charge in [0.25, 0.3) is 5.91 Å². The Kier molecular flexibility index (Phi) is 5.51. The zero-order valence-electron chi connectivity index (χ0n) is 17.3. The Hall–Kier alpha value is -3.59. The Balaban J connectivity index is 1.68. The van der Waals surface area contributed by atoms with Gasteiger partial charge in [-0.25, -0.2) is 14.8 Å². The van der Waals surface area contributed by atoms with Crippen LogP contribution in [0.5, 0.6) is 0 Å². The number of hydrogen-bond donors (Lipinski definition) is 1. The molecule has 0 fully saturated rings. The number of carbonyl (C=O) groups excluding carboxylic acids is 2. The van der Waals surface area contributed by atoms with Crippen molar-refractivity contribution in [2.24, 2.45) is 0 Å². The molecule has 0 saturated carbocycles. The highest BCUT2D eigenvalue weighted by atomic mass is 32.1. The third-order valence-electron chi connectivity index (χ3n) is 4.77. The molecule has 4 aromatic rings. The highest BCUT2D eigenvalue weighted by Crippen LogP contribution is 2.27. The van der Waals surface area contributed by atoms with Crippen molar-refractivity contribution in [1.82, 2.24) is 14.5 Å². The van der Waals surface area contributed by atoms with E-state index in [-0.39, 0.29) is 17.6 Å². The molecule has 9 heteroatoms. The molecule has 4 rings (SSSR count). The molecule has 31 heavy (non-hydrogen) atoms. The van der Waals surface area contributed by atoms with E-state index in [1.807, 2.05) is 13.8 Å². The molecule has 1 amide bonds. The number of hydrogen-bond acceptors (Lipinski definition) is 7.